The van der Waals surface area contributed by atoms with E-state index in [1.807, 2.05) is 0 Å². The number of carbonyl (C=O) groups excluding carboxylic acids is 7. The molecular weight excluding hydrogens is 1490 g/mol. The molecule has 0 radical (unpaired) electrons. The number of nitrogens with one attached hydrogen (secondary N) is 6. The van der Waals surface area contributed by atoms with Crippen LogP contribution in [0.4, 0.5) is 4.79 Å². The van der Waals surface area contributed by atoms with Crippen LogP contribution >= 0.6 is 15.6 Å². The summed E-state index contributed by atoms with van der Waals surface area (Å²) in [6, 6.07) is -2.81. The summed E-state index contributed by atoms with van der Waals surface area (Å²) in [5.41, 5.74) is 0. The maximum atomic E-state index is 13.3. The van der Waals surface area contributed by atoms with Gasteiger partial charge in [0.25, 0.3) is 15.6 Å². The molecule has 2 unspecified atom stereocenters. The largest absolute Gasteiger partial charge is 1.00 e. The first-order valence-corrected chi connectivity index (χ1v) is 47.4. The summed E-state index contributed by atoms with van der Waals surface area (Å²) in [7, 11) is -10.1. The van der Waals surface area contributed by atoms with E-state index in [1.165, 1.54) is 135 Å². The summed E-state index contributed by atoms with van der Waals surface area (Å²) in [6.07, 6.45) is 55.3. The number of ether oxygens (including phenoxy) is 3. The Morgan fingerprint density at radius 2 is 0.634 bits per heavy atom. The van der Waals surface area contributed by atoms with E-state index in [-0.39, 0.29) is 160 Å². The maximum Gasteiger partial charge on any atom is 1.00 e. The van der Waals surface area contributed by atoms with Crippen LogP contribution in [0.2, 0.25) is 0 Å². The average molecular weight is 1650 g/mol. The molecule has 0 aromatic rings. The van der Waals surface area contributed by atoms with Gasteiger partial charge < -0.3 is 74.0 Å². The van der Waals surface area contributed by atoms with E-state index in [2.05, 4.69) is 73.4 Å². The molecule has 0 aliphatic carbocycles. The van der Waals surface area contributed by atoms with Gasteiger partial charge in [-0.15, -0.1) is 0 Å². The average Bonchev–Trinajstić information content (AvgIpc) is 0.914. The van der Waals surface area contributed by atoms with Crippen LogP contribution in [0.3, 0.4) is 0 Å². The first-order valence-electron chi connectivity index (χ1n) is 44.5. The molecule has 0 aromatic heterocycles. The Morgan fingerprint density at radius 3 is 1.00 bits per heavy atom. The summed E-state index contributed by atoms with van der Waals surface area (Å²) in [5, 5.41) is 15.5. The number of Topliss-reactive ketones (excluding diaryl/α,β-unsaturated/α-hetero) is 1. The zero-order valence-electron chi connectivity index (χ0n) is 72.4. The summed E-state index contributed by atoms with van der Waals surface area (Å²) in [5.74, 6) is -1.59. The topological polar surface area (TPSA) is 337 Å². The number of amides is 6. The molecule has 6 N–H and O–H groups in total. The zero-order valence-corrected chi connectivity index (χ0v) is 78.2. The molecule has 112 heavy (non-hydrogen) atoms. The fourth-order valence-electron chi connectivity index (χ4n) is 13.1. The van der Waals surface area contributed by atoms with Gasteiger partial charge in [-0.1, -0.05) is 305 Å². The van der Waals surface area contributed by atoms with E-state index in [1.54, 1.807) is 0 Å². The molecule has 0 saturated carbocycles. The normalized spacial score (nSPS) is 13.5. The van der Waals surface area contributed by atoms with Crippen molar-refractivity contribution in [3.05, 3.63) is 0 Å². The summed E-state index contributed by atoms with van der Waals surface area (Å²) < 4.78 is 64.7. The smallest absolute Gasteiger partial charge is 0.756 e. The van der Waals surface area contributed by atoms with Crippen LogP contribution in [0.5, 0.6) is 0 Å². The molecule has 0 bridgehead atoms. The molecule has 6 amide bonds. The Bertz CT molecular complexity index is 2180. The number of esters is 1. The number of phosphoric acid groups is 2. The molecule has 0 aromatic carbocycles. The minimum absolute atomic E-state index is 0. The molecule has 0 saturated heterocycles. The minimum Gasteiger partial charge on any atom is -0.756 e. The Kier molecular flexibility index (Phi) is 86.4. The van der Waals surface area contributed by atoms with E-state index >= 15 is 0 Å². The summed E-state index contributed by atoms with van der Waals surface area (Å²) in [6.45, 7) is 9.58. The standard InChI is InChI=1S/C84H164N6O18P2.2Na/c1-7-13-19-25-29-33-37-43-48-54-77(91)67-74(53-47-41-23-17-11-5)59-63-102-70-75(89-81(94)68-87-79(92)56-50-44-38-34-30-26-20-14-8-2)72-106-109(98,99)104-65-61-85-84(97)86-62-66-105-110(100,101)107-73-76(90-82(95)69-88-80(93)57-51-45-39-35-31-27-21-15-9-3)71-103-64-60-78(55-49-42-24-18-12-6)108-83(96)58-52-46-40-36-32-28-22-16-10-4;;/h74-76,78H,7-73H2,1-6H3,(H,87,92)(H,88,93)(H,89,94)(H,90,95)(H,98,99)(H,100,101)(H2,85,86,97);;/q;2*+1/p-2/t74-,75-,76-,78-;;/m1../s1. The number of hydrogen-bond donors (Lipinski definition) is 6. The fourth-order valence-corrected chi connectivity index (χ4v) is 14.6. The first kappa shape index (κ1) is 115. The van der Waals surface area contributed by atoms with E-state index < -0.39 is 72.0 Å². The maximum absolute atomic E-state index is 13.3. The van der Waals surface area contributed by atoms with Crippen molar-refractivity contribution in [1.29, 1.82) is 0 Å². The quantitative estimate of drug-likeness (QED) is 0.0143. The molecule has 0 spiro atoms. The molecule has 0 aliphatic rings. The van der Waals surface area contributed by atoms with Gasteiger partial charge in [0.2, 0.25) is 23.6 Å². The van der Waals surface area contributed by atoms with Crippen molar-refractivity contribution in [3.63, 3.8) is 0 Å². The third-order valence-corrected chi connectivity index (χ3v) is 21.8. The van der Waals surface area contributed by atoms with Crippen LogP contribution in [0, 0.1) is 5.92 Å². The van der Waals surface area contributed by atoms with Gasteiger partial charge in [-0.05, 0) is 57.3 Å². The third kappa shape index (κ3) is 80.8. The van der Waals surface area contributed by atoms with Gasteiger partial charge >= 0.3 is 71.1 Å². The van der Waals surface area contributed by atoms with Crippen molar-refractivity contribution >= 4 is 57.1 Å². The van der Waals surface area contributed by atoms with Crippen molar-refractivity contribution in [1.82, 2.24) is 31.9 Å². The van der Waals surface area contributed by atoms with Crippen LogP contribution in [0.15, 0.2) is 0 Å². The number of unbranched alkanes of at least 4 members (excludes halogenated alkanes) is 40. The third-order valence-electron chi connectivity index (χ3n) is 19.9. The predicted molar refractivity (Wildman–Crippen MR) is 438 cm³/mol. The molecule has 6 atom stereocenters. The summed E-state index contributed by atoms with van der Waals surface area (Å²) >= 11 is 0. The van der Waals surface area contributed by atoms with E-state index in [9.17, 15) is 52.5 Å². The second-order valence-corrected chi connectivity index (χ2v) is 33.4. The van der Waals surface area contributed by atoms with E-state index in [4.69, 9.17) is 32.3 Å². The predicted octanol–water partition coefficient (Wildman–Crippen LogP) is 12.2. The van der Waals surface area contributed by atoms with Crippen LogP contribution in [-0.2, 0) is 70.2 Å². The molecule has 24 nitrogen and oxygen atoms in total. The number of urea groups is 1. The molecule has 0 aliphatic heterocycles. The fraction of sp³-hybridized carbons (Fsp3) is 0.917. The van der Waals surface area contributed by atoms with Gasteiger partial charge in [-0.3, -0.25) is 37.9 Å². The van der Waals surface area contributed by atoms with Crippen LogP contribution < -0.4 is 101 Å². The SMILES string of the molecule is CCCCCCCCCCCC(=O)C[C@H](CCCCCCC)CCOC[C@H](COP(=O)([O-])OCCNC(=O)NCCOP(=O)([O-])OC[C@@H](COCC[C@@H](CCCCCCC)OC(=O)CCCCCCCCCCC)NC(=O)CNC(=O)CCCCCCCCCCC)NC(=O)CNC(=O)CCCCCCCCCCC.[Na+].[Na+]. The van der Waals surface area contributed by atoms with Crippen LogP contribution in [-0.4, -0.2) is 139 Å². The van der Waals surface area contributed by atoms with Gasteiger partial charge in [0.1, 0.15) is 11.9 Å². The second-order valence-electron chi connectivity index (χ2n) is 30.6. The number of ketones is 1. The van der Waals surface area contributed by atoms with E-state index in [0.717, 1.165) is 154 Å². The number of rotatable bonds is 85. The molecule has 0 rings (SSSR count). The Hall–Kier alpha value is -1.57. The van der Waals surface area contributed by atoms with Gasteiger partial charge in [0.05, 0.1) is 71.4 Å². The Labute approximate surface area is 725 Å². The second kappa shape index (κ2) is 84.4. The summed E-state index contributed by atoms with van der Waals surface area (Å²) in [4.78, 5) is 117. The first-order chi connectivity index (χ1) is 53.3. The molecule has 28 heteroatoms. The zero-order chi connectivity index (χ0) is 80.9. The van der Waals surface area contributed by atoms with Gasteiger partial charge in [-0.2, -0.15) is 0 Å². The van der Waals surface area contributed by atoms with Gasteiger partial charge in [-0.25, -0.2) is 4.79 Å². The van der Waals surface area contributed by atoms with Gasteiger partial charge in [0.15, 0.2) is 0 Å². The molecule has 0 heterocycles. The minimum atomic E-state index is -5.06. The van der Waals surface area contributed by atoms with Crippen molar-refractivity contribution in [2.75, 3.05) is 79.0 Å². The van der Waals surface area contributed by atoms with Crippen LogP contribution in [0.1, 0.15) is 395 Å². The van der Waals surface area contributed by atoms with Crippen molar-refractivity contribution < 1.29 is 144 Å². The molecule has 0 fully saturated rings. The van der Waals surface area contributed by atoms with Gasteiger partial charge in [0, 0.05) is 58.2 Å². The van der Waals surface area contributed by atoms with Crippen LogP contribution in [0.25, 0.3) is 0 Å². The van der Waals surface area contributed by atoms with Crippen molar-refractivity contribution in [2.45, 2.75) is 413 Å². The van der Waals surface area contributed by atoms with Crippen molar-refractivity contribution in [2.24, 2.45) is 5.92 Å². The number of phosphoric ester groups is 2. The van der Waals surface area contributed by atoms with Crippen molar-refractivity contribution in [3.8, 4) is 0 Å². The number of carbonyl (C=O) groups is 7. The number of hydrogen-bond acceptors (Lipinski definition) is 18. The molecular formula is C84H162N6Na2O18P2. The Balaban J connectivity index is -0.0000594. The Morgan fingerprint density at radius 1 is 0.321 bits per heavy atom. The van der Waals surface area contributed by atoms with E-state index in [0.29, 0.717) is 51.4 Å². The monoisotopic (exact) mass is 1650 g/mol. The molecule has 648 valence electrons.